The number of hydrogen-bond donors (Lipinski definition) is 0. The fourth-order valence-corrected chi connectivity index (χ4v) is 7.62. The number of benzene rings is 7. The molecule has 0 amide bonds. The first-order chi connectivity index (χ1) is 19.1. The normalized spacial score (nSPS) is 13.7. The summed E-state index contributed by atoms with van der Waals surface area (Å²) >= 11 is 7.58. The number of halogens is 2. The molecule has 0 aliphatic heterocycles. The summed E-state index contributed by atoms with van der Waals surface area (Å²) in [6.07, 6.45) is 0.913. The fourth-order valence-electron chi connectivity index (χ4n) is 6.90. The Labute approximate surface area is 242 Å². The van der Waals surface area contributed by atoms with Gasteiger partial charge in [0.2, 0.25) is 0 Å². The number of aldehydes is 1. The molecule has 0 saturated carbocycles. The van der Waals surface area contributed by atoms with Crippen LogP contribution in [-0.4, -0.2) is 6.29 Å². The highest BCUT2D eigenvalue weighted by molar-refractivity contribution is 9.10. The minimum Gasteiger partial charge on any atom is -0.298 e. The molecule has 0 saturated heterocycles. The number of rotatable bonds is 3. The highest BCUT2D eigenvalue weighted by Gasteiger charge is 2.47. The second-order valence-corrected chi connectivity index (χ2v) is 12.2. The van der Waals surface area contributed by atoms with Crippen molar-refractivity contribution >= 4 is 70.5 Å². The zero-order valence-corrected chi connectivity index (χ0v) is 23.9. The van der Waals surface area contributed by atoms with Gasteiger partial charge in [-0.25, -0.2) is 0 Å². The molecule has 0 N–H and O–H groups in total. The molecular weight excluding hydrogens is 608 g/mol. The van der Waals surface area contributed by atoms with E-state index in [-0.39, 0.29) is 0 Å². The molecule has 0 fully saturated rings. The summed E-state index contributed by atoms with van der Waals surface area (Å²) in [6.45, 7) is 0. The standard InChI is InChI=1S/C36H20Br2O/c37-26-12-15-28-29-16-13-27(38)19-33(29)36(32(28)18-26,25-10-4-21(20-39)5-11-25)31-17-9-24-7-6-22-2-1-3-23-8-14-30(31)35(24)34(22)23/h1-20H. The number of carbonyl (C=O) groups is 1. The lowest BCUT2D eigenvalue weighted by Gasteiger charge is -2.35. The SMILES string of the molecule is O=Cc1ccc(C2(c3ccc4ccc5cccc6ccc3c4c56)c3cc(Br)ccc3-c3ccc(Br)cc32)cc1. The fraction of sp³-hybridized carbons (Fsp3) is 0.0278. The molecule has 0 atom stereocenters. The quantitative estimate of drug-likeness (QED) is 0.141. The van der Waals surface area contributed by atoms with Crippen molar-refractivity contribution in [2.45, 2.75) is 5.41 Å². The van der Waals surface area contributed by atoms with Crippen LogP contribution in [0.15, 0.2) is 124 Å². The van der Waals surface area contributed by atoms with Gasteiger partial charge in [-0.05, 0) is 90.0 Å². The molecule has 8 rings (SSSR count). The van der Waals surface area contributed by atoms with Crippen LogP contribution >= 0.6 is 31.9 Å². The van der Waals surface area contributed by atoms with Gasteiger partial charge in [-0.2, -0.15) is 0 Å². The maximum atomic E-state index is 11.6. The summed E-state index contributed by atoms with van der Waals surface area (Å²) in [5.74, 6) is 0. The van der Waals surface area contributed by atoms with Gasteiger partial charge >= 0.3 is 0 Å². The first-order valence-corrected chi connectivity index (χ1v) is 14.5. The zero-order chi connectivity index (χ0) is 26.3. The molecule has 39 heavy (non-hydrogen) atoms. The van der Waals surface area contributed by atoms with Gasteiger partial charge < -0.3 is 0 Å². The molecule has 0 radical (unpaired) electrons. The molecule has 0 heterocycles. The average molecular weight is 628 g/mol. The van der Waals surface area contributed by atoms with Crippen LogP contribution in [0.2, 0.25) is 0 Å². The van der Waals surface area contributed by atoms with Gasteiger partial charge in [0.1, 0.15) is 6.29 Å². The maximum Gasteiger partial charge on any atom is 0.150 e. The first-order valence-electron chi connectivity index (χ1n) is 12.9. The van der Waals surface area contributed by atoms with E-state index in [1.807, 2.05) is 12.1 Å². The zero-order valence-electron chi connectivity index (χ0n) is 20.7. The summed E-state index contributed by atoms with van der Waals surface area (Å²) in [4.78, 5) is 11.6. The van der Waals surface area contributed by atoms with E-state index < -0.39 is 5.41 Å². The predicted molar refractivity (Wildman–Crippen MR) is 168 cm³/mol. The Kier molecular flexibility index (Phi) is 4.95. The van der Waals surface area contributed by atoms with Crippen LogP contribution in [0.1, 0.15) is 32.6 Å². The smallest absolute Gasteiger partial charge is 0.150 e. The molecule has 7 aromatic carbocycles. The Hall–Kier alpha value is -3.79. The largest absolute Gasteiger partial charge is 0.298 e. The van der Waals surface area contributed by atoms with Gasteiger partial charge in [0.15, 0.2) is 0 Å². The van der Waals surface area contributed by atoms with E-state index in [1.54, 1.807) is 0 Å². The van der Waals surface area contributed by atoms with Gasteiger partial charge in [-0.15, -0.1) is 0 Å². The molecule has 184 valence electrons. The Balaban J connectivity index is 1.61. The van der Waals surface area contributed by atoms with E-state index in [0.29, 0.717) is 5.56 Å². The minimum absolute atomic E-state index is 0.581. The van der Waals surface area contributed by atoms with Gasteiger partial charge in [0.05, 0.1) is 5.41 Å². The summed E-state index contributed by atoms with van der Waals surface area (Å²) in [5.41, 5.74) is 7.39. The van der Waals surface area contributed by atoms with Crippen LogP contribution in [-0.2, 0) is 5.41 Å². The maximum absolute atomic E-state index is 11.6. The van der Waals surface area contributed by atoms with Crippen LogP contribution < -0.4 is 0 Å². The number of fused-ring (bicyclic) bond motifs is 3. The molecule has 0 aromatic heterocycles. The van der Waals surface area contributed by atoms with Crippen molar-refractivity contribution in [2.75, 3.05) is 0 Å². The van der Waals surface area contributed by atoms with Crippen molar-refractivity contribution in [2.24, 2.45) is 0 Å². The van der Waals surface area contributed by atoms with E-state index in [2.05, 4.69) is 135 Å². The Morgan fingerprint density at radius 3 is 1.72 bits per heavy atom. The topological polar surface area (TPSA) is 17.1 Å². The van der Waals surface area contributed by atoms with Crippen molar-refractivity contribution in [3.05, 3.63) is 152 Å². The Morgan fingerprint density at radius 2 is 1.10 bits per heavy atom. The average Bonchev–Trinajstić information content (AvgIpc) is 3.25. The molecule has 1 nitrogen and oxygen atoms in total. The van der Waals surface area contributed by atoms with E-state index in [0.717, 1.165) is 20.8 Å². The van der Waals surface area contributed by atoms with Crippen molar-refractivity contribution in [1.82, 2.24) is 0 Å². The van der Waals surface area contributed by atoms with Gasteiger partial charge in [0.25, 0.3) is 0 Å². The van der Waals surface area contributed by atoms with Crippen molar-refractivity contribution in [3.63, 3.8) is 0 Å². The first kappa shape index (κ1) is 23.1. The lowest BCUT2D eigenvalue weighted by Crippen LogP contribution is -2.29. The van der Waals surface area contributed by atoms with E-state index in [1.165, 1.54) is 60.1 Å². The second-order valence-electron chi connectivity index (χ2n) is 10.3. The van der Waals surface area contributed by atoms with Crippen LogP contribution in [0.4, 0.5) is 0 Å². The number of carbonyl (C=O) groups excluding carboxylic acids is 1. The van der Waals surface area contributed by atoms with Crippen molar-refractivity contribution in [3.8, 4) is 11.1 Å². The molecular formula is C36H20Br2O. The summed E-state index contributed by atoms with van der Waals surface area (Å²) in [6, 6.07) is 41.5. The monoisotopic (exact) mass is 626 g/mol. The Morgan fingerprint density at radius 1 is 0.538 bits per heavy atom. The van der Waals surface area contributed by atoms with E-state index in [4.69, 9.17) is 0 Å². The van der Waals surface area contributed by atoms with Crippen LogP contribution in [0.5, 0.6) is 0 Å². The molecule has 7 aromatic rings. The number of hydrogen-bond acceptors (Lipinski definition) is 1. The van der Waals surface area contributed by atoms with Crippen LogP contribution in [0.25, 0.3) is 43.4 Å². The van der Waals surface area contributed by atoms with Crippen LogP contribution in [0, 0.1) is 0 Å². The highest BCUT2D eigenvalue weighted by atomic mass is 79.9. The highest BCUT2D eigenvalue weighted by Crippen LogP contribution is 2.58. The van der Waals surface area contributed by atoms with Gasteiger partial charge in [0, 0.05) is 14.5 Å². The third-order valence-electron chi connectivity index (χ3n) is 8.47. The molecule has 3 heteroatoms. The van der Waals surface area contributed by atoms with Gasteiger partial charge in [-0.3, -0.25) is 4.79 Å². The molecule has 0 spiro atoms. The third kappa shape index (κ3) is 3.09. The van der Waals surface area contributed by atoms with Crippen LogP contribution in [0.3, 0.4) is 0 Å². The predicted octanol–water partition coefficient (Wildman–Crippen LogP) is 10.3. The van der Waals surface area contributed by atoms with E-state index >= 15 is 0 Å². The van der Waals surface area contributed by atoms with Gasteiger partial charge in [-0.1, -0.05) is 123 Å². The molecule has 0 bridgehead atoms. The second kappa shape index (κ2) is 8.35. The van der Waals surface area contributed by atoms with E-state index in [9.17, 15) is 4.79 Å². The Bertz CT molecular complexity index is 2040. The lowest BCUT2D eigenvalue weighted by atomic mass is 9.66. The molecule has 1 aliphatic rings. The minimum atomic E-state index is -0.581. The third-order valence-corrected chi connectivity index (χ3v) is 9.46. The summed E-state index contributed by atoms with van der Waals surface area (Å²) < 4.78 is 2.08. The summed E-state index contributed by atoms with van der Waals surface area (Å²) in [5, 5.41) is 7.60. The molecule has 1 aliphatic carbocycles. The van der Waals surface area contributed by atoms with Crippen molar-refractivity contribution < 1.29 is 4.79 Å². The summed E-state index contributed by atoms with van der Waals surface area (Å²) in [7, 11) is 0. The lowest BCUT2D eigenvalue weighted by molar-refractivity contribution is 0.112. The van der Waals surface area contributed by atoms with Crippen molar-refractivity contribution in [1.29, 1.82) is 0 Å². The molecule has 0 unspecified atom stereocenters.